The van der Waals surface area contributed by atoms with E-state index >= 15 is 0 Å². The zero-order valence-electron chi connectivity index (χ0n) is 17.0. The first-order valence-corrected chi connectivity index (χ1v) is 10.1. The number of nitrogens with one attached hydrogen (secondary N) is 1. The Morgan fingerprint density at radius 1 is 1.17 bits per heavy atom. The van der Waals surface area contributed by atoms with Gasteiger partial charge in [0.2, 0.25) is 17.6 Å². The quantitative estimate of drug-likeness (QED) is 0.512. The van der Waals surface area contributed by atoms with Crippen molar-refractivity contribution in [2.24, 2.45) is 0 Å². The summed E-state index contributed by atoms with van der Waals surface area (Å²) in [5.74, 6) is 2.12. The van der Waals surface area contributed by atoms with E-state index in [1.165, 1.54) is 0 Å². The largest absolute Gasteiger partial charge is 0.493 e. The number of rotatable bonds is 10. The molecule has 30 heavy (non-hydrogen) atoms. The Kier molecular flexibility index (Phi) is 7.68. The van der Waals surface area contributed by atoms with Crippen LogP contribution in [0, 0.1) is 0 Å². The second-order valence-corrected chi connectivity index (χ2v) is 7.07. The third-order valence-electron chi connectivity index (χ3n) is 4.32. The first-order valence-electron chi connectivity index (χ1n) is 9.74. The number of amides is 1. The standard InChI is InChI=1S/C22H24ClN3O4/c1-3-12-29-18-9-4-15(13-19(18)28-2)14-24-20(27)10-11-21-25-22(26-30-21)16-5-7-17(23)8-6-16/h4-9,13H,3,10-12,14H2,1-2H3,(H,24,27). The Morgan fingerprint density at radius 2 is 1.97 bits per heavy atom. The van der Waals surface area contributed by atoms with Crippen molar-refractivity contribution in [1.29, 1.82) is 0 Å². The highest BCUT2D eigenvalue weighted by Crippen LogP contribution is 2.28. The highest BCUT2D eigenvalue weighted by atomic mass is 35.5. The summed E-state index contributed by atoms with van der Waals surface area (Å²) in [6.45, 7) is 3.06. The SMILES string of the molecule is CCCOc1ccc(CNC(=O)CCc2nc(-c3ccc(Cl)cc3)no2)cc1OC. The molecule has 1 aromatic heterocycles. The minimum absolute atomic E-state index is 0.105. The van der Waals surface area contributed by atoms with E-state index in [2.05, 4.69) is 15.5 Å². The van der Waals surface area contributed by atoms with Crippen LogP contribution in [0.2, 0.25) is 5.02 Å². The van der Waals surface area contributed by atoms with Gasteiger partial charge in [0.1, 0.15) is 0 Å². The lowest BCUT2D eigenvalue weighted by Crippen LogP contribution is -2.23. The minimum Gasteiger partial charge on any atom is -0.493 e. The van der Waals surface area contributed by atoms with Crippen LogP contribution in [0.4, 0.5) is 0 Å². The molecule has 3 aromatic rings. The Morgan fingerprint density at radius 3 is 2.70 bits per heavy atom. The summed E-state index contributed by atoms with van der Waals surface area (Å²) in [5, 5.41) is 7.48. The molecule has 0 aliphatic carbocycles. The van der Waals surface area contributed by atoms with Gasteiger partial charge in [-0.05, 0) is 48.4 Å². The van der Waals surface area contributed by atoms with Crippen molar-refractivity contribution in [3.63, 3.8) is 0 Å². The summed E-state index contributed by atoms with van der Waals surface area (Å²) in [6.07, 6.45) is 1.53. The van der Waals surface area contributed by atoms with Gasteiger partial charge in [0.25, 0.3) is 0 Å². The Bertz CT molecular complexity index is 973. The van der Waals surface area contributed by atoms with Crippen molar-refractivity contribution in [3.8, 4) is 22.9 Å². The monoisotopic (exact) mass is 429 g/mol. The number of aromatic nitrogens is 2. The van der Waals surface area contributed by atoms with Crippen LogP contribution >= 0.6 is 11.6 Å². The van der Waals surface area contributed by atoms with E-state index in [1.54, 1.807) is 19.2 Å². The Labute approximate surface area is 180 Å². The summed E-state index contributed by atoms with van der Waals surface area (Å²) in [5.41, 5.74) is 1.73. The minimum atomic E-state index is -0.105. The molecule has 0 aliphatic heterocycles. The lowest BCUT2D eigenvalue weighted by molar-refractivity contribution is -0.121. The van der Waals surface area contributed by atoms with E-state index in [0.29, 0.717) is 47.8 Å². The van der Waals surface area contributed by atoms with Crippen LogP contribution in [0.1, 0.15) is 31.2 Å². The van der Waals surface area contributed by atoms with Crippen LogP contribution in [0.5, 0.6) is 11.5 Å². The molecule has 0 saturated heterocycles. The summed E-state index contributed by atoms with van der Waals surface area (Å²) in [6, 6.07) is 12.8. The van der Waals surface area contributed by atoms with E-state index in [-0.39, 0.29) is 12.3 Å². The van der Waals surface area contributed by atoms with Crippen molar-refractivity contribution >= 4 is 17.5 Å². The van der Waals surface area contributed by atoms with Gasteiger partial charge >= 0.3 is 0 Å². The molecule has 2 aromatic carbocycles. The number of carbonyl (C=O) groups is 1. The van der Waals surface area contributed by atoms with Crippen molar-refractivity contribution in [2.75, 3.05) is 13.7 Å². The molecule has 0 radical (unpaired) electrons. The second kappa shape index (κ2) is 10.6. The van der Waals surface area contributed by atoms with Gasteiger partial charge in [0.05, 0.1) is 13.7 Å². The molecule has 1 N–H and O–H groups in total. The molecule has 0 fully saturated rings. The maximum Gasteiger partial charge on any atom is 0.227 e. The molecule has 0 atom stereocenters. The first kappa shape index (κ1) is 21.6. The fourth-order valence-electron chi connectivity index (χ4n) is 2.74. The molecule has 8 heteroatoms. The molecule has 158 valence electrons. The predicted octanol–water partition coefficient (Wildman–Crippen LogP) is 4.44. The lowest BCUT2D eigenvalue weighted by atomic mass is 10.2. The summed E-state index contributed by atoms with van der Waals surface area (Å²) in [4.78, 5) is 16.5. The summed E-state index contributed by atoms with van der Waals surface area (Å²) in [7, 11) is 1.60. The number of aryl methyl sites for hydroxylation is 1. The molecule has 1 amide bonds. The summed E-state index contributed by atoms with van der Waals surface area (Å²) >= 11 is 5.89. The molecule has 0 saturated carbocycles. The van der Waals surface area contributed by atoms with Gasteiger partial charge in [-0.1, -0.05) is 29.7 Å². The second-order valence-electron chi connectivity index (χ2n) is 6.63. The Balaban J connectivity index is 1.49. The number of carbonyl (C=O) groups excluding carboxylic acids is 1. The van der Waals surface area contributed by atoms with Crippen LogP contribution in [0.25, 0.3) is 11.4 Å². The normalized spacial score (nSPS) is 10.6. The molecule has 3 rings (SSSR count). The van der Waals surface area contributed by atoms with Crippen molar-refractivity contribution in [2.45, 2.75) is 32.7 Å². The molecule has 0 bridgehead atoms. The van der Waals surface area contributed by atoms with E-state index in [9.17, 15) is 4.79 Å². The van der Waals surface area contributed by atoms with Crippen LogP contribution in [-0.2, 0) is 17.8 Å². The molecular weight excluding hydrogens is 406 g/mol. The van der Waals surface area contributed by atoms with Crippen molar-refractivity contribution in [3.05, 3.63) is 58.9 Å². The third-order valence-corrected chi connectivity index (χ3v) is 4.57. The average molecular weight is 430 g/mol. The fourth-order valence-corrected chi connectivity index (χ4v) is 2.86. The maximum atomic E-state index is 12.2. The fraction of sp³-hybridized carbons (Fsp3) is 0.318. The van der Waals surface area contributed by atoms with Crippen LogP contribution in [-0.4, -0.2) is 29.8 Å². The molecule has 0 aliphatic rings. The van der Waals surface area contributed by atoms with Gasteiger partial charge in [-0.25, -0.2) is 0 Å². The summed E-state index contributed by atoms with van der Waals surface area (Å²) < 4.78 is 16.2. The van der Waals surface area contributed by atoms with Crippen LogP contribution in [0.15, 0.2) is 47.0 Å². The van der Waals surface area contributed by atoms with Crippen LogP contribution in [0.3, 0.4) is 0 Å². The average Bonchev–Trinajstić information content (AvgIpc) is 3.24. The molecule has 7 nitrogen and oxygen atoms in total. The molecular formula is C22H24ClN3O4. The number of nitrogens with zero attached hydrogens (tertiary/aromatic N) is 2. The first-order chi connectivity index (χ1) is 14.6. The highest BCUT2D eigenvalue weighted by molar-refractivity contribution is 6.30. The van der Waals surface area contributed by atoms with Gasteiger partial charge in [0, 0.05) is 30.0 Å². The maximum absolute atomic E-state index is 12.2. The van der Waals surface area contributed by atoms with E-state index in [0.717, 1.165) is 17.5 Å². The Hall–Kier alpha value is -3.06. The lowest BCUT2D eigenvalue weighted by Gasteiger charge is -2.12. The van der Waals surface area contributed by atoms with E-state index < -0.39 is 0 Å². The number of ether oxygens (including phenoxy) is 2. The number of halogens is 1. The van der Waals surface area contributed by atoms with E-state index in [4.69, 9.17) is 25.6 Å². The molecule has 0 unspecified atom stereocenters. The number of methoxy groups -OCH3 is 1. The number of hydrogen-bond donors (Lipinski definition) is 1. The predicted molar refractivity (Wildman–Crippen MR) is 114 cm³/mol. The van der Waals surface area contributed by atoms with E-state index in [1.807, 2.05) is 37.3 Å². The highest BCUT2D eigenvalue weighted by Gasteiger charge is 2.11. The van der Waals surface area contributed by atoms with Gasteiger partial charge in [-0.3, -0.25) is 4.79 Å². The zero-order chi connectivity index (χ0) is 21.3. The van der Waals surface area contributed by atoms with Gasteiger partial charge in [0.15, 0.2) is 11.5 Å². The van der Waals surface area contributed by atoms with Crippen molar-refractivity contribution in [1.82, 2.24) is 15.5 Å². The van der Waals surface area contributed by atoms with Gasteiger partial charge < -0.3 is 19.3 Å². The number of hydrogen-bond acceptors (Lipinski definition) is 6. The van der Waals surface area contributed by atoms with Gasteiger partial charge in [-0.15, -0.1) is 0 Å². The molecule has 0 spiro atoms. The smallest absolute Gasteiger partial charge is 0.227 e. The van der Waals surface area contributed by atoms with Crippen molar-refractivity contribution < 1.29 is 18.8 Å². The third kappa shape index (κ3) is 5.97. The van der Waals surface area contributed by atoms with Gasteiger partial charge in [-0.2, -0.15) is 4.98 Å². The number of benzene rings is 2. The zero-order valence-corrected chi connectivity index (χ0v) is 17.7. The van der Waals surface area contributed by atoms with Crippen LogP contribution < -0.4 is 14.8 Å². The molecule has 1 heterocycles. The topological polar surface area (TPSA) is 86.5 Å².